The maximum atomic E-state index is 2.35. The molecule has 39 heavy (non-hydrogen) atoms. The highest BCUT2D eigenvalue weighted by Gasteiger charge is 1.98. The molecule has 236 valence electrons. The molecule has 0 atom stereocenters. The Bertz CT molecular complexity index is 404. The van der Waals surface area contributed by atoms with Crippen LogP contribution in [0.4, 0.5) is 0 Å². The van der Waals surface area contributed by atoms with Crippen LogP contribution >= 0.6 is 11.8 Å². The number of hydrogen-bond acceptors (Lipinski definition) is 1. The summed E-state index contributed by atoms with van der Waals surface area (Å²) < 4.78 is 0. The summed E-state index contributed by atoms with van der Waals surface area (Å²) in [6, 6.07) is 0. The lowest BCUT2D eigenvalue weighted by atomic mass is 10.0. The Morgan fingerprint density at radius 3 is 0.795 bits per heavy atom. The number of unbranched alkanes of at least 4 members (excludes halogenated alkanes) is 29. The number of rotatable bonds is 35. The predicted octanol–water partition coefficient (Wildman–Crippen LogP) is 14.9. The van der Waals surface area contributed by atoms with Crippen molar-refractivity contribution in [1.29, 1.82) is 0 Å². The number of hydrogen-bond donors (Lipinski definition) is 0. The second-order valence-electron chi connectivity index (χ2n) is 13.4. The van der Waals surface area contributed by atoms with Crippen molar-refractivity contribution in [2.24, 2.45) is 5.92 Å². The second-order valence-corrected chi connectivity index (χ2v) is 14.6. The van der Waals surface area contributed by atoms with Crippen LogP contribution in [0.25, 0.3) is 0 Å². The fourth-order valence-corrected chi connectivity index (χ4v) is 6.93. The van der Waals surface area contributed by atoms with Crippen LogP contribution < -0.4 is 0 Å². The van der Waals surface area contributed by atoms with Gasteiger partial charge in [-0.2, -0.15) is 11.8 Å². The molecule has 0 aliphatic rings. The van der Waals surface area contributed by atoms with Crippen molar-refractivity contribution in [3.63, 3.8) is 0 Å². The quantitative estimate of drug-likeness (QED) is 0.0687. The zero-order valence-electron chi connectivity index (χ0n) is 28.0. The van der Waals surface area contributed by atoms with Gasteiger partial charge in [0.2, 0.25) is 0 Å². The van der Waals surface area contributed by atoms with Gasteiger partial charge in [-0.1, -0.05) is 213 Å². The van der Waals surface area contributed by atoms with Gasteiger partial charge in [0.25, 0.3) is 0 Å². The lowest BCUT2D eigenvalue weighted by Crippen LogP contribution is -1.89. The van der Waals surface area contributed by atoms with Gasteiger partial charge in [-0.15, -0.1) is 0 Å². The first-order chi connectivity index (χ1) is 19.3. The molecule has 0 aliphatic carbocycles. The zero-order chi connectivity index (χ0) is 28.3. The van der Waals surface area contributed by atoms with E-state index in [-0.39, 0.29) is 0 Å². The van der Waals surface area contributed by atoms with E-state index < -0.39 is 0 Å². The van der Waals surface area contributed by atoms with E-state index in [1.54, 1.807) is 0 Å². The van der Waals surface area contributed by atoms with Gasteiger partial charge in [0, 0.05) is 0 Å². The lowest BCUT2D eigenvalue weighted by molar-refractivity contribution is 0.516. The molecule has 0 aromatic carbocycles. The fraction of sp³-hybridized carbons (Fsp3) is 1.00. The van der Waals surface area contributed by atoms with E-state index in [4.69, 9.17) is 0 Å². The molecule has 0 amide bonds. The summed E-state index contributed by atoms with van der Waals surface area (Å²) in [6.45, 7) is 7.00. The van der Waals surface area contributed by atoms with E-state index in [0.29, 0.717) is 0 Å². The molecule has 0 fully saturated rings. The molecule has 0 saturated carbocycles. The third-order valence-corrected chi connectivity index (χ3v) is 9.87. The van der Waals surface area contributed by atoms with Crippen molar-refractivity contribution in [2.45, 2.75) is 226 Å². The van der Waals surface area contributed by atoms with Gasteiger partial charge >= 0.3 is 0 Å². The second kappa shape index (κ2) is 36.4. The van der Waals surface area contributed by atoms with Crippen LogP contribution in [0.15, 0.2) is 0 Å². The first kappa shape index (κ1) is 39.4. The van der Waals surface area contributed by atoms with E-state index >= 15 is 0 Å². The molecule has 0 radical (unpaired) electrons. The average Bonchev–Trinajstić information content (AvgIpc) is 2.93. The van der Waals surface area contributed by atoms with Gasteiger partial charge in [-0.3, -0.25) is 0 Å². The van der Waals surface area contributed by atoms with Crippen molar-refractivity contribution in [1.82, 2.24) is 0 Å². The summed E-state index contributed by atoms with van der Waals surface area (Å²) >= 11 is 2.22. The van der Waals surface area contributed by atoms with Gasteiger partial charge in [-0.25, -0.2) is 0 Å². The summed E-state index contributed by atoms with van der Waals surface area (Å²) in [6.07, 6.45) is 47.2. The first-order valence-corrected chi connectivity index (χ1v) is 20.0. The molecule has 0 N–H and O–H groups in total. The Balaban J connectivity index is 3.02. The van der Waals surface area contributed by atoms with Crippen LogP contribution in [-0.2, 0) is 0 Å². The van der Waals surface area contributed by atoms with Crippen molar-refractivity contribution in [3.8, 4) is 0 Å². The highest BCUT2D eigenvalue weighted by Crippen LogP contribution is 2.17. The molecule has 0 spiro atoms. The third kappa shape index (κ3) is 38.4. The Labute approximate surface area is 254 Å². The SMILES string of the molecule is CCCCCCCCCCCCCCCCCCCCCCCCCCCCSCCCCCCCC(C)C. The number of thioether (sulfide) groups is 1. The van der Waals surface area contributed by atoms with E-state index in [1.807, 2.05) is 0 Å². The smallest absolute Gasteiger partial charge is 0.00675 e. The topological polar surface area (TPSA) is 0 Å². The molecule has 0 bridgehead atoms. The molecule has 0 unspecified atom stereocenters. The summed E-state index contributed by atoms with van der Waals surface area (Å²) in [7, 11) is 0. The lowest BCUT2D eigenvalue weighted by Gasteiger charge is -2.05. The van der Waals surface area contributed by atoms with E-state index in [0.717, 1.165) is 5.92 Å². The Kier molecular flexibility index (Phi) is 36.7. The molecule has 1 heteroatoms. The van der Waals surface area contributed by atoms with Crippen LogP contribution in [0.3, 0.4) is 0 Å². The van der Waals surface area contributed by atoms with Gasteiger partial charge in [0.05, 0.1) is 0 Å². The normalized spacial score (nSPS) is 11.7. The fourth-order valence-electron chi connectivity index (χ4n) is 5.91. The van der Waals surface area contributed by atoms with Crippen LogP contribution in [0.5, 0.6) is 0 Å². The first-order valence-electron chi connectivity index (χ1n) is 18.8. The van der Waals surface area contributed by atoms with Crippen molar-refractivity contribution in [2.75, 3.05) is 11.5 Å². The largest absolute Gasteiger partial charge is 0.162 e. The molecular weight excluding hydrogens is 488 g/mol. The highest BCUT2D eigenvalue weighted by molar-refractivity contribution is 7.99. The third-order valence-electron chi connectivity index (χ3n) is 8.71. The summed E-state index contributed by atoms with van der Waals surface area (Å²) in [4.78, 5) is 0. The average molecular weight is 567 g/mol. The molecule has 0 saturated heterocycles. The molecule has 0 aromatic heterocycles. The van der Waals surface area contributed by atoms with Crippen molar-refractivity contribution in [3.05, 3.63) is 0 Å². The zero-order valence-corrected chi connectivity index (χ0v) is 28.8. The van der Waals surface area contributed by atoms with Gasteiger partial charge in [0.1, 0.15) is 0 Å². The van der Waals surface area contributed by atoms with Gasteiger partial charge in [0.15, 0.2) is 0 Å². The maximum absolute atomic E-state index is 2.35. The van der Waals surface area contributed by atoms with Gasteiger partial charge < -0.3 is 0 Å². The minimum Gasteiger partial charge on any atom is -0.162 e. The molecule has 0 heterocycles. The van der Waals surface area contributed by atoms with E-state index in [1.165, 1.54) is 217 Å². The molecule has 0 rings (SSSR count). The monoisotopic (exact) mass is 567 g/mol. The van der Waals surface area contributed by atoms with Crippen molar-refractivity contribution >= 4 is 11.8 Å². The summed E-state index contributed by atoms with van der Waals surface area (Å²) in [5.74, 6) is 3.71. The Hall–Kier alpha value is 0.350. The minimum absolute atomic E-state index is 0.892. The van der Waals surface area contributed by atoms with Crippen LogP contribution in [0.1, 0.15) is 226 Å². The van der Waals surface area contributed by atoms with E-state index in [2.05, 4.69) is 32.5 Å². The predicted molar refractivity (Wildman–Crippen MR) is 186 cm³/mol. The molecular formula is C38H78S. The molecule has 0 aromatic rings. The van der Waals surface area contributed by atoms with Crippen LogP contribution in [0, 0.1) is 5.92 Å². The summed E-state index contributed by atoms with van der Waals surface area (Å²) in [5, 5.41) is 0. The summed E-state index contributed by atoms with van der Waals surface area (Å²) in [5.41, 5.74) is 0. The maximum Gasteiger partial charge on any atom is -0.00675 e. The Morgan fingerprint density at radius 1 is 0.308 bits per heavy atom. The minimum atomic E-state index is 0.892. The van der Waals surface area contributed by atoms with Gasteiger partial charge in [-0.05, 0) is 30.3 Å². The van der Waals surface area contributed by atoms with Crippen LogP contribution in [-0.4, -0.2) is 11.5 Å². The van der Waals surface area contributed by atoms with Crippen LogP contribution in [0.2, 0.25) is 0 Å². The Morgan fingerprint density at radius 2 is 0.538 bits per heavy atom. The molecule has 0 aliphatic heterocycles. The molecule has 0 nitrogen and oxygen atoms in total. The van der Waals surface area contributed by atoms with Crippen molar-refractivity contribution < 1.29 is 0 Å². The standard InChI is InChI=1S/C38H78S/c1-4-5-6-7-8-9-10-11-12-13-14-15-16-17-18-19-20-21-22-23-24-25-26-27-30-33-36-39-37-34-31-28-29-32-35-38(2)3/h38H,4-37H2,1-3H3. The van der Waals surface area contributed by atoms with E-state index in [9.17, 15) is 0 Å². The highest BCUT2D eigenvalue weighted by atomic mass is 32.2.